The average molecular weight is 294 g/mol. The second-order valence-corrected chi connectivity index (χ2v) is 5.63. The number of methoxy groups -OCH3 is 1. The molecule has 1 aromatic rings. The Balaban J connectivity index is 3.25. The highest BCUT2D eigenvalue weighted by molar-refractivity contribution is 5.65. The van der Waals surface area contributed by atoms with Crippen LogP contribution in [0.25, 0.3) is 0 Å². The van der Waals surface area contributed by atoms with Crippen molar-refractivity contribution in [1.29, 1.82) is 0 Å². The third-order valence-corrected chi connectivity index (χ3v) is 3.55. The zero-order valence-electron chi connectivity index (χ0n) is 14.3. The van der Waals surface area contributed by atoms with E-state index in [0.717, 1.165) is 43.3 Å². The van der Waals surface area contributed by atoms with E-state index in [1.807, 2.05) is 6.92 Å². The van der Waals surface area contributed by atoms with E-state index in [2.05, 4.69) is 47.9 Å². The van der Waals surface area contributed by atoms with Crippen molar-refractivity contribution in [2.75, 3.05) is 30.4 Å². The van der Waals surface area contributed by atoms with Gasteiger partial charge in [0.1, 0.15) is 6.33 Å². The van der Waals surface area contributed by atoms with Gasteiger partial charge in [0, 0.05) is 19.1 Å². The van der Waals surface area contributed by atoms with E-state index in [4.69, 9.17) is 4.74 Å². The van der Waals surface area contributed by atoms with Crippen molar-refractivity contribution in [3.05, 3.63) is 6.33 Å². The number of anilines is 2. The maximum Gasteiger partial charge on any atom is 0.204 e. The van der Waals surface area contributed by atoms with Gasteiger partial charge in [-0.25, -0.2) is 9.97 Å². The maximum atomic E-state index is 5.60. The Labute approximate surface area is 129 Å². The van der Waals surface area contributed by atoms with E-state index >= 15 is 0 Å². The molecule has 1 heterocycles. The molecule has 0 fully saturated rings. The number of hydrogen-bond acceptors (Lipinski definition) is 5. The maximum absolute atomic E-state index is 5.60. The summed E-state index contributed by atoms with van der Waals surface area (Å²) in [5, 5.41) is 3.25. The molecule has 0 atom stereocenters. The van der Waals surface area contributed by atoms with E-state index in [1.54, 1.807) is 13.4 Å². The topological polar surface area (TPSA) is 50.3 Å². The van der Waals surface area contributed by atoms with Crippen LogP contribution in [-0.2, 0) is 0 Å². The van der Waals surface area contributed by atoms with Crippen LogP contribution in [0, 0.1) is 5.92 Å². The van der Waals surface area contributed by atoms with E-state index in [-0.39, 0.29) is 0 Å². The summed E-state index contributed by atoms with van der Waals surface area (Å²) >= 11 is 0. The van der Waals surface area contributed by atoms with Crippen LogP contribution in [0.2, 0.25) is 0 Å². The lowest BCUT2D eigenvalue weighted by atomic mass is 10.1. The van der Waals surface area contributed by atoms with Crippen LogP contribution in [0.4, 0.5) is 11.6 Å². The third kappa shape index (κ3) is 4.48. The highest BCUT2D eigenvalue weighted by Crippen LogP contribution is 2.34. The van der Waals surface area contributed by atoms with Crippen LogP contribution in [0.15, 0.2) is 6.33 Å². The SMILES string of the molecule is CCNc1ncnc(N(CC(C)C)C(CC)CC)c1OC. The number of ether oxygens (including phenoxy) is 1. The molecule has 0 bridgehead atoms. The predicted octanol–water partition coefficient (Wildman–Crippen LogP) is 3.57. The molecule has 5 heteroatoms. The molecular weight excluding hydrogens is 264 g/mol. The van der Waals surface area contributed by atoms with E-state index in [9.17, 15) is 0 Å². The lowest BCUT2D eigenvalue weighted by Crippen LogP contribution is -2.38. The van der Waals surface area contributed by atoms with E-state index in [1.165, 1.54) is 0 Å². The monoisotopic (exact) mass is 294 g/mol. The van der Waals surface area contributed by atoms with Crippen LogP contribution in [0.3, 0.4) is 0 Å². The Hall–Kier alpha value is -1.52. The van der Waals surface area contributed by atoms with Crippen LogP contribution in [0.1, 0.15) is 47.5 Å². The normalized spacial score (nSPS) is 11.0. The molecule has 0 unspecified atom stereocenters. The molecule has 21 heavy (non-hydrogen) atoms. The molecule has 1 aromatic heterocycles. The van der Waals surface area contributed by atoms with Crippen molar-refractivity contribution in [2.24, 2.45) is 5.92 Å². The van der Waals surface area contributed by atoms with Crippen molar-refractivity contribution in [3.63, 3.8) is 0 Å². The number of rotatable bonds is 9. The van der Waals surface area contributed by atoms with Crippen LogP contribution in [-0.4, -0.2) is 36.2 Å². The van der Waals surface area contributed by atoms with Gasteiger partial charge in [-0.05, 0) is 25.7 Å². The van der Waals surface area contributed by atoms with Gasteiger partial charge in [0.25, 0.3) is 0 Å². The van der Waals surface area contributed by atoms with Gasteiger partial charge in [-0.2, -0.15) is 0 Å². The Morgan fingerprint density at radius 3 is 2.33 bits per heavy atom. The summed E-state index contributed by atoms with van der Waals surface area (Å²) < 4.78 is 5.60. The average Bonchev–Trinajstić information content (AvgIpc) is 2.47. The molecule has 120 valence electrons. The van der Waals surface area contributed by atoms with Gasteiger partial charge in [0.15, 0.2) is 11.6 Å². The Morgan fingerprint density at radius 1 is 1.19 bits per heavy atom. The van der Waals surface area contributed by atoms with E-state index in [0.29, 0.717) is 12.0 Å². The fourth-order valence-corrected chi connectivity index (χ4v) is 2.58. The van der Waals surface area contributed by atoms with Gasteiger partial charge in [0.2, 0.25) is 5.75 Å². The van der Waals surface area contributed by atoms with Crippen molar-refractivity contribution in [3.8, 4) is 5.75 Å². The molecule has 0 aliphatic rings. The summed E-state index contributed by atoms with van der Waals surface area (Å²) in [7, 11) is 1.68. The molecule has 0 aliphatic carbocycles. The summed E-state index contributed by atoms with van der Waals surface area (Å²) in [5.74, 6) is 2.97. The fourth-order valence-electron chi connectivity index (χ4n) is 2.58. The molecule has 5 nitrogen and oxygen atoms in total. The fraction of sp³-hybridized carbons (Fsp3) is 0.750. The molecule has 1 rings (SSSR count). The second-order valence-electron chi connectivity index (χ2n) is 5.63. The quantitative estimate of drug-likeness (QED) is 0.754. The van der Waals surface area contributed by atoms with Gasteiger partial charge >= 0.3 is 0 Å². The molecular formula is C16H30N4O. The predicted molar refractivity (Wildman–Crippen MR) is 89.3 cm³/mol. The second kappa shape index (κ2) is 8.70. The Bertz CT molecular complexity index is 419. The molecule has 1 N–H and O–H groups in total. The summed E-state index contributed by atoms with van der Waals surface area (Å²) in [6, 6.07) is 0.464. The minimum atomic E-state index is 0.464. The minimum Gasteiger partial charge on any atom is -0.490 e. The zero-order valence-corrected chi connectivity index (χ0v) is 14.3. The smallest absolute Gasteiger partial charge is 0.204 e. The summed E-state index contributed by atoms with van der Waals surface area (Å²) in [5.41, 5.74) is 0. The lowest BCUT2D eigenvalue weighted by Gasteiger charge is -2.34. The first-order valence-electron chi connectivity index (χ1n) is 7.98. The summed E-state index contributed by atoms with van der Waals surface area (Å²) in [4.78, 5) is 11.2. The Kier molecular flexibility index (Phi) is 7.26. The number of nitrogens with one attached hydrogen (secondary N) is 1. The van der Waals surface area contributed by atoms with Crippen LogP contribution in [0.5, 0.6) is 5.75 Å². The summed E-state index contributed by atoms with van der Waals surface area (Å²) in [6.45, 7) is 12.7. The van der Waals surface area contributed by atoms with Gasteiger partial charge in [0.05, 0.1) is 7.11 Å². The summed E-state index contributed by atoms with van der Waals surface area (Å²) in [6.07, 6.45) is 3.80. The minimum absolute atomic E-state index is 0.464. The first-order valence-corrected chi connectivity index (χ1v) is 7.98. The first-order chi connectivity index (χ1) is 10.1. The third-order valence-electron chi connectivity index (χ3n) is 3.55. The van der Waals surface area contributed by atoms with Gasteiger partial charge in [-0.15, -0.1) is 0 Å². The standard InChI is InChI=1S/C16H30N4O/c1-7-13(8-2)20(10-12(4)5)16-14(21-6)15(17-9-3)18-11-19-16/h11-13H,7-10H2,1-6H3,(H,17,18,19). The van der Waals surface area contributed by atoms with Gasteiger partial charge in [-0.3, -0.25) is 0 Å². The Morgan fingerprint density at radius 2 is 1.86 bits per heavy atom. The lowest BCUT2D eigenvalue weighted by molar-refractivity contribution is 0.406. The first kappa shape index (κ1) is 17.5. The largest absolute Gasteiger partial charge is 0.490 e. The highest BCUT2D eigenvalue weighted by atomic mass is 16.5. The molecule has 0 saturated carbocycles. The molecule has 0 amide bonds. The van der Waals surface area contributed by atoms with Gasteiger partial charge in [-0.1, -0.05) is 27.7 Å². The zero-order chi connectivity index (χ0) is 15.8. The van der Waals surface area contributed by atoms with Crippen LogP contribution >= 0.6 is 0 Å². The van der Waals surface area contributed by atoms with Crippen molar-refractivity contribution >= 4 is 11.6 Å². The number of nitrogens with zero attached hydrogens (tertiary/aromatic N) is 3. The van der Waals surface area contributed by atoms with Crippen molar-refractivity contribution in [1.82, 2.24) is 9.97 Å². The molecule has 0 aromatic carbocycles. The van der Waals surface area contributed by atoms with E-state index < -0.39 is 0 Å². The molecule has 0 saturated heterocycles. The highest BCUT2D eigenvalue weighted by Gasteiger charge is 2.23. The number of aromatic nitrogens is 2. The van der Waals surface area contributed by atoms with Crippen molar-refractivity contribution in [2.45, 2.75) is 53.5 Å². The molecule has 0 radical (unpaired) electrons. The van der Waals surface area contributed by atoms with Crippen molar-refractivity contribution < 1.29 is 4.74 Å². The molecule has 0 spiro atoms. The molecule has 0 aliphatic heterocycles. The van der Waals surface area contributed by atoms with Gasteiger partial charge < -0.3 is 15.0 Å². The van der Waals surface area contributed by atoms with Crippen LogP contribution < -0.4 is 15.0 Å². The number of hydrogen-bond donors (Lipinski definition) is 1.